The van der Waals surface area contributed by atoms with Gasteiger partial charge in [0.2, 0.25) is 0 Å². The number of aromatic nitrogens is 3. The highest BCUT2D eigenvalue weighted by Gasteiger charge is 2.28. The topological polar surface area (TPSA) is 14.8 Å². The largest absolute Gasteiger partial charge is 0.340 e. The molecule has 0 spiro atoms. The third-order valence-electron chi connectivity index (χ3n) is 15.6. The molecule has 366 valence electrons. The molecule has 69 heavy (non-hydrogen) atoms. The van der Waals surface area contributed by atoms with E-state index in [4.69, 9.17) is 19.3 Å². The second-order valence-electron chi connectivity index (χ2n) is 20.8. The van der Waals surface area contributed by atoms with Crippen LogP contribution in [0.25, 0.3) is 65.4 Å². The molecule has 3 heteroatoms. The van der Waals surface area contributed by atoms with Gasteiger partial charge in [0.25, 0.3) is 0 Å². The maximum Gasteiger partial charge on any atom is 0.0614 e. The van der Waals surface area contributed by atoms with E-state index in [9.17, 15) is 0 Å². The molecule has 0 radical (unpaired) electrons. The third kappa shape index (κ3) is 12.7. The van der Waals surface area contributed by atoms with Gasteiger partial charge in [-0.25, -0.2) is 0 Å². The number of hydrogen-bond donors (Lipinski definition) is 0. The summed E-state index contributed by atoms with van der Waals surface area (Å²) in [6.45, 7) is 9.81. The van der Waals surface area contributed by atoms with Crippen molar-refractivity contribution in [3.05, 3.63) is 71.3 Å². The molecule has 0 saturated carbocycles. The molecule has 3 nitrogen and oxygen atoms in total. The summed E-state index contributed by atoms with van der Waals surface area (Å²) in [4.78, 5) is 0. The Kier molecular flexibility index (Phi) is 20.6. The monoisotopic (exact) mass is 922 g/mol. The zero-order chi connectivity index (χ0) is 48.2. The second kappa shape index (κ2) is 27.4. The van der Waals surface area contributed by atoms with Gasteiger partial charge in [-0.1, -0.05) is 212 Å². The predicted molar refractivity (Wildman–Crippen MR) is 305 cm³/mol. The van der Waals surface area contributed by atoms with Crippen molar-refractivity contribution in [1.29, 1.82) is 0 Å². The minimum absolute atomic E-state index is 0.929. The van der Waals surface area contributed by atoms with Crippen molar-refractivity contribution < 1.29 is 0 Å². The lowest BCUT2D eigenvalue weighted by Crippen LogP contribution is -2.02. The van der Waals surface area contributed by atoms with Gasteiger partial charge in [0.1, 0.15) is 0 Å². The lowest BCUT2D eigenvalue weighted by Gasteiger charge is -2.13. The Morgan fingerprint density at radius 3 is 0.739 bits per heavy atom. The van der Waals surface area contributed by atoms with Crippen LogP contribution in [-0.2, 0) is 19.6 Å². The Bertz CT molecular complexity index is 2510. The van der Waals surface area contributed by atoms with Crippen LogP contribution in [0.2, 0.25) is 0 Å². The highest BCUT2D eigenvalue weighted by atomic mass is 15.0. The van der Waals surface area contributed by atoms with Crippen LogP contribution in [0.15, 0.2) is 54.6 Å². The van der Waals surface area contributed by atoms with E-state index in [0.717, 1.165) is 55.6 Å². The van der Waals surface area contributed by atoms with Crippen LogP contribution in [0.1, 0.15) is 230 Å². The minimum Gasteiger partial charge on any atom is -0.340 e. The van der Waals surface area contributed by atoms with Crippen LogP contribution < -0.4 is 0 Å². The molecule has 0 saturated heterocycles. The van der Waals surface area contributed by atoms with E-state index in [1.54, 1.807) is 0 Å². The number of terminal acetylenes is 3. The first-order valence-electron chi connectivity index (χ1n) is 28.5. The zero-order valence-corrected chi connectivity index (χ0v) is 43.6. The van der Waals surface area contributed by atoms with Crippen LogP contribution >= 0.6 is 0 Å². The SMILES string of the molecule is C#Cc1ccc2c(c1)c1c(c3c4cc(C#C)ccc4n(CCCCCCCCCCCC)c3c3c4cc(C#C)ccc4n(CCCCCCCCCCCC)c13)n2CCCCCCCCCCCC. The van der Waals surface area contributed by atoms with Crippen molar-refractivity contribution in [1.82, 2.24) is 13.7 Å². The molecule has 0 bridgehead atoms. The fourth-order valence-electron chi connectivity index (χ4n) is 11.8. The van der Waals surface area contributed by atoms with Crippen LogP contribution in [0.3, 0.4) is 0 Å². The lowest BCUT2D eigenvalue weighted by atomic mass is 10.0. The van der Waals surface area contributed by atoms with E-state index in [1.807, 2.05) is 0 Å². The van der Waals surface area contributed by atoms with Gasteiger partial charge >= 0.3 is 0 Å². The highest BCUT2D eigenvalue weighted by molar-refractivity contribution is 6.39. The quantitative estimate of drug-likeness (QED) is 0.0288. The molecule has 0 aliphatic carbocycles. The van der Waals surface area contributed by atoms with E-state index in [0.29, 0.717) is 0 Å². The first-order valence-corrected chi connectivity index (χ1v) is 28.5. The second-order valence-corrected chi connectivity index (χ2v) is 20.8. The van der Waals surface area contributed by atoms with E-state index in [1.165, 1.54) is 239 Å². The molecule has 0 aliphatic rings. The zero-order valence-electron chi connectivity index (χ0n) is 43.6. The van der Waals surface area contributed by atoms with E-state index < -0.39 is 0 Å². The van der Waals surface area contributed by atoms with Gasteiger partial charge < -0.3 is 13.7 Å². The molecule has 0 N–H and O–H groups in total. The number of nitrogens with zero attached hydrogens (tertiary/aromatic N) is 3. The van der Waals surface area contributed by atoms with Crippen molar-refractivity contribution in [2.24, 2.45) is 0 Å². The fourth-order valence-corrected chi connectivity index (χ4v) is 11.8. The maximum absolute atomic E-state index is 6.25. The van der Waals surface area contributed by atoms with Crippen molar-refractivity contribution in [2.75, 3.05) is 0 Å². The summed E-state index contributed by atoms with van der Waals surface area (Å²) in [6, 6.07) is 20.4. The first kappa shape index (κ1) is 51.8. The summed E-state index contributed by atoms with van der Waals surface area (Å²) in [5.74, 6) is 9.10. The average molecular weight is 922 g/mol. The molecule has 0 fully saturated rings. The molecule has 0 unspecified atom stereocenters. The molecule has 7 rings (SSSR count). The molecule has 0 aliphatic heterocycles. The fraction of sp³-hybridized carbons (Fsp3) is 0.545. The van der Waals surface area contributed by atoms with Gasteiger partial charge in [-0.15, -0.1) is 19.3 Å². The normalized spacial score (nSPS) is 11.8. The van der Waals surface area contributed by atoms with Crippen molar-refractivity contribution >= 4 is 65.4 Å². The number of rotatable bonds is 33. The number of benzene rings is 4. The van der Waals surface area contributed by atoms with E-state index in [-0.39, 0.29) is 0 Å². The van der Waals surface area contributed by atoms with Crippen molar-refractivity contribution in [3.8, 4) is 37.0 Å². The smallest absolute Gasteiger partial charge is 0.0614 e. The molecule has 3 heterocycles. The molecular formula is C66H87N3. The van der Waals surface area contributed by atoms with Crippen LogP contribution in [0.5, 0.6) is 0 Å². The molecular weight excluding hydrogens is 835 g/mol. The summed E-state index contributed by atoms with van der Waals surface area (Å²) < 4.78 is 8.08. The molecule has 0 amide bonds. The summed E-state index contributed by atoms with van der Waals surface area (Å²) >= 11 is 0. The Balaban J connectivity index is 1.37. The molecule has 7 aromatic rings. The maximum atomic E-state index is 6.25. The Morgan fingerprint density at radius 1 is 0.304 bits per heavy atom. The van der Waals surface area contributed by atoms with Crippen molar-refractivity contribution in [2.45, 2.75) is 233 Å². The first-order chi connectivity index (χ1) is 34.1. The predicted octanol–water partition coefficient (Wildman–Crippen LogP) is 19.7. The van der Waals surface area contributed by atoms with Gasteiger partial charge in [0, 0.05) is 85.2 Å². The van der Waals surface area contributed by atoms with E-state index >= 15 is 0 Å². The standard InChI is InChI=1S/C66H87N3/c1-7-13-16-19-22-25-28-31-34-37-46-67-58-43-40-52(10-4)49-55(58)61-64(67)62-56-50-53(11-5)41-44-59(56)68(47-38-35-32-29-26-23-20-17-14-8-2)66(62)63-57-51-54(12-6)42-45-60(57)69(65(61)63)48-39-36-33-30-27-24-21-18-15-9-3/h4-6,40-45,49-51H,7-9,13-39,46-48H2,1-3H3. The summed E-state index contributed by atoms with van der Waals surface area (Å²) in [5, 5.41) is 7.75. The number of aryl methyl sites for hydroxylation is 3. The molecule has 3 aromatic heterocycles. The highest BCUT2D eigenvalue weighted by Crippen LogP contribution is 2.49. The number of fused-ring (bicyclic) bond motifs is 12. The molecule has 0 atom stereocenters. The van der Waals surface area contributed by atoms with Crippen molar-refractivity contribution in [3.63, 3.8) is 0 Å². The van der Waals surface area contributed by atoms with E-state index in [2.05, 4.69) is 107 Å². The van der Waals surface area contributed by atoms with Gasteiger partial charge in [-0.2, -0.15) is 0 Å². The number of hydrogen-bond acceptors (Lipinski definition) is 0. The van der Waals surface area contributed by atoms with Gasteiger partial charge in [0.15, 0.2) is 0 Å². The van der Waals surface area contributed by atoms with Gasteiger partial charge in [0.05, 0.1) is 16.6 Å². The van der Waals surface area contributed by atoms with Crippen LogP contribution in [0, 0.1) is 37.0 Å². The Hall–Kier alpha value is -5.04. The number of unbranched alkanes of at least 4 members (excludes halogenated alkanes) is 27. The third-order valence-corrected chi connectivity index (χ3v) is 15.6. The summed E-state index contributed by atoms with van der Waals surface area (Å²) in [6.07, 6.45) is 58.3. The lowest BCUT2D eigenvalue weighted by molar-refractivity contribution is 0.541. The average Bonchev–Trinajstić information content (AvgIpc) is 3.99. The van der Waals surface area contributed by atoms with Crippen LogP contribution in [0.4, 0.5) is 0 Å². The van der Waals surface area contributed by atoms with Gasteiger partial charge in [-0.05, 0) is 73.9 Å². The molecule has 4 aromatic carbocycles. The Morgan fingerprint density at radius 2 is 0.522 bits per heavy atom. The minimum atomic E-state index is 0.929. The summed E-state index contributed by atoms with van der Waals surface area (Å²) in [7, 11) is 0. The van der Waals surface area contributed by atoms with Crippen LogP contribution in [-0.4, -0.2) is 13.7 Å². The summed E-state index contributed by atoms with van der Waals surface area (Å²) in [5.41, 5.74) is 10.6. The van der Waals surface area contributed by atoms with Gasteiger partial charge in [-0.3, -0.25) is 0 Å². The Labute approximate surface area is 418 Å².